The summed E-state index contributed by atoms with van der Waals surface area (Å²) in [6.07, 6.45) is 7.56. The highest BCUT2D eigenvalue weighted by Crippen LogP contribution is 2.40. The Balaban J connectivity index is 1.41. The monoisotopic (exact) mass is 438 g/mol. The number of halogens is 1. The van der Waals surface area contributed by atoms with Gasteiger partial charge in [0.25, 0.3) is 0 Å². The molecule has 31 heavy (non-hydrogen) atoms. The summed E-state index contributed by atoms with van der Waals surface area (Å²) in [5.41, 5.74) is 3.57. The van der Waals surface area contributed by atoms with E-state index in [9.17, 15) is 4.79 Å². The largest absolute Gasteiger partial charge is 0.355 e. The maximum Gasteiger partial charge on any atom is 0.224 e. The minimum absolute atomic E-state index is 0.0500. The SMILES string of the molecule is CN1CCN(CCNC(=O)[C@H]2CC(Cc3cccnc3)=C[C@H]2c2cccc(Cl)c2)CC1. The fraction of sp³-hybridized carbons (Fsp3) is 0.440. The molecular weight excluding hydrogens is 408 g/mol. The number of piperazine rings is 1. The summed E-state index contributed by atoms with van der Waals surface area (Å²) in [7, 11) is 2.16. The number of carbonyl (C=O) groups excluding carboxylic acids is 1. The molecule has 2 heterocycles. The number of benzene rings is 1. The van der Waals surface area contributed by atoms with Crippen molar-refractivity contribution in [2.75, 3.05) is 46.3 Å². The van der Waals surface area contributed by atoms with Gasteiger partial charge in [-0.3, -0.25) is 14.7 Å². The molecule has 0 radical (unpaired) electrons. The summed E-state index contributed by atoms with van der Waals surface area (Å²) in [4.78, 5) is 22.2. The Morgan fingerprint density at radius 2 is 2.03 bits per heavy atom. The first-order chi connectivity index (χ1) is 15.1. The standard InChI is InChI=1S/C25H31ClN4O/c1-29-10-12-30(13-11-29)9-8-28-25(31)24-16-20(14-19-4-3-7-27-18-19)15-23(24)21-5-2-6-22(26)17-21/h2-7,15,17-18,23-24H,8-14,16H2,1H3,(H,28,31)/t23-,24-/m0/s1. The molecule has 1 aliphatic heterocycles. The molecule has 1 N–H and O–H groups in total. The Hall–Kier alpha value is -2.21. The summed E-state index contributed by atoms with van der Waals surface area (Å²) in [5, 5.41) is 3.92. The molecule has 1 amide bonds. The Labute approximate surface area is 190 Å². The molecule has 2 atom stereocenters. The zero-order valence-corrected chi connectivity index (χ0v) is 18.9. The van der Waals surface area contributed by atoms with Crippen LogP contribution < -0.4 is 5.32 Å². The van der Waals surface area contributed by atoms with Crippen LogP contribution in [0.4, 0.5) is 0 Å². The summed E-state index contributed by atoms with van der Waals surface area (Å²) in [6, 6.07) is 12.0. The molecular formula is C25H31ClN4O. The van der Waals surface area contributed by atoms with Gasteiger partial charge in [-0.05, 0) is 49.2 Å². The molecule has 164 valence electrons. The fourth-order valence-corrected chi connectivity index (χ4v) is 4.78. The van der Waals surface area contributed by atoms with E-state index in [1.54, 1.807) is 6.20 Å². The molecule has 5 nitrogen and oxygen atoms in total. The van der Waals surface area contributed by atoms with Crippen LogP contribution >= 0.6 is 11.6 Å². The second kappa shape index (κ2) is 10.4. The van der Waals surface area contributed by atoms with Gasteiger partial charge >= 0.3 is 0 Å². The number of allylic oxidation sites excluding steroid dienone is 2. The smallest absolute Gasteiger partial charge is 0.224 e. The van der Waals surface area contributed by atoms with E-state index in [1.807, 2.05) is 30.5 Å². The molecule has 6 heteroatoms. The Kier molecular flexibility index (Phi) is 7.38. The van der Waals surface area contributed by atoms with E-state index in [0.29, 0.717) is 11.6 Å². The first-order valence-electron chi connectivity index (χ1n) is 11.1. The van der Waals surface area contributed by atoms with Gasteiger partial charge in [-0.1, -0.05) is 41.4 Å². The molecule has 0 spiro atoms. The maximum absolute atomic E-state index is 13.2. The van der Waals surface area contributed by atoms with Crippen molar-refractivity contribution in [3.63, 3.8) is 0 Å². The lowest BCUT2D eigenvalue weighted by Crippen LogP contribution is -2.47. The van der Waals surface area contributed by atoms with Gasteiger partial charge in [0.1, 0.15) is 0 Å². The second-order valence-electron chi connectivity index (χ2n) is 8.69. The fourth-order valence-electron chi connectivity index (χ4n) is 4.58. The molecule has 1 aromatic carbocycles. The van der Waals surface area contributed by atoms with Gasteiger partial charge in [-0.15, -0.1) is 0 Å². The Bertz CT molecular complexity index is 909. The normalized spacial score (nSPS) is 22.3. The van der Waals surface area contributed by atoms with E-state index in [1.165, 1.54) is 11.1 Å². The topological polar surface area (TPSA) is 48.5 Å². The number of aromatic nitrogens is 1. The lowest BCUT2D eigenvalue weighted by atomic mass is 9.88. The minimum Gasteiger partial charge on any atom is -0.355 e. The number of carbonyl (C=O) groups is 1. The van der Waals surface area contributed by atoms with Crippen LogP contribution in [-0.2, 0) is 11.2 Å². The van der Waals surface area contributed by atoms with Crippen LogP contribution in [0, 0.1) is 5.92 Å². The van der Waals surface area contributed by atoms with Gasteiger partial charge in [0.05, 0.1) is 5.92 Å². The van der Waals surface area contributed by atoms with E-state index in [2.05, 4.69) is 45.4 Å². The number of nitrogens with one attached hydrogen (secondary N) is 1. The van der Waals surface area contributed by atoms with Crippen LogP contribution in [-0.4, -0.2) is 67.0 Å². The number of nitrogens with zero attached hydrogens (tertiary/aromatic N) is 3. The molecule has 0 saturated carbocycles. The Morgan fingerprint density at radius 3 is 2.77 bits per heavy atom. The summed E-state index contributed by atoms with van der Waals surface area (Å²) in [6.45, 7) is 5.92. The van der Waals surface area contributed by atoms with E-state index in [4.69, 9.17) is 11.6 Å². The van der Waals surface area contributed by atoms with Gasteiger partial charge in [0, 0.05) is 62.6 Å². The molecule has 2 aromatic rings. The highest BCUT2D eigenvalue weighted by Gasteiger charge is 2.34. The van der Waals surface area contributed by atoms with Crippen LogP contribution in [0.1, 0.15) is 23.5 Å². The number of hydrogen-bond acceptors (Lipinski definition) is 4. The van der Waals surface area contributed by atoms with Gasteiger partial charge in [0.2, 0.25) is 5.91 Å². The number of amides is 1. The summed E-state index contributed by atoms with van der Waals surface area (Å²) >= 11 is 6.26. The molecule has 1 fully saturated rings. The van der Waals surface area contributed by atoms with Gasteiger partial charge in [-0.25, -0.2) is 0 Å². The summed E-state index contributed by atoms with van der Waals surface area (Å²) in [5.74, 6) is 0.0863. The van der Waals surface area contributed by atoms with Crippen molar-refractivity contribution in [3.8, 4) is 0 Å². The van der Waals surface area contributed by atoms with Gasteiger partial charge in [-0.2, -0.15) is 0 Å². The zero-order valence-electron chi connectivity index (χ0n) is 18.1. The first-order valence-corrected chi connectivity index (χ1v) is 11.5. The van der Waals surface area contributed by atoms with Gasteiger partial charge in [0.15, 0.2) is 0 Å². The first kappa shape index (κ1) is 22.0. The molecule has 4 rings (SSSR count). The number of rotatable bonds is 7. The van der Waals surface area contributed by atoms with Crippen LogP contribution in [0.3, 0.4) is 0 Å². The van der Waals surface area contributed by atoms with Crippen molar-refractivity contribution in [3.05, 3.63) is 76.6 Å². The predicted octanol–water partition coefficient (Wildman–Crippen LogP) is 3.37. The van der Waals surface area contributed by atoms with Crippen molar-refractivity contribution in [1.29, 1.82) is 0 Å². The van der Waals surface area contributed by atoms with Crippen molar-refractivity contribution in [2.45, 2.75) is 18.8 Å². The average molecular weight is 439 g/mol. The lowest BCUT2D eigenvalue weighted by Gasteiger charge is -2.32. The molecule has 1 aliphatic carbocycles. The van der Waals surface area contributed by atoms with Crippen molar-refractivity contribution < 1.29 is 4.79 Å². The molecule has 0 bridgehead atoms. The van der Waals surface area contributed by atoms with Crippen molar-refractivity contribution in [1.82, 2.24) is 20.1 Å². The number of likely N-dealkylation sites (N-methyl/N-ethyl adjacent to an activating group) is 1. The van der Waals surface area contributed by atoms with Crippen LogP contribution in [0.25, 0.3) is 0 Å². The molecule has 1 saturated heterocycles. The second-order valence-corrected chi connectivity index (χ2v) is 9.13. The van der Waals surface area contributed by atoms with Crippen LogP contribution in [0.2, 0.25) is 5.02 Å². The molecule has 1 aromatic heterocycles. The Morgan fingerprint density at radius 1 is 1.19 bits per heavy atom. The van der Waals surface area contributed by atoms with Crippen molar-refractivity contribution in [2.24, 2.45) is 5.92 Å². The zero-order chi connectivity index (χ0) is 21.6. The van der Waals surface area contributed by atoms with E-state index >= 15 is 0 Å². The van der Waals surface area contributed by atoms with Crippen LogP contribution in [0.5, 0.6) is 0 Å². The number of hydrogen-bond donors (Lipinski definition) is 1. The quantitative estimate of drug-likeness (QED) is 0.673. The third-order valence-corrected chi connectivity index (χ3v) is 6.61. The lowest BCUT2D eigenvalue weighted by molar-refractivity contribution is -0.125. The van der Waals surface area contributed by atoms with Crippen molar-refractivity contribution >= 4 is 17.5 Å². The highest BCUT2D eigenvalue weighted by molar-refractivity contribution is 6.30. The van der Waals surface area contributed by atoms with Crippen LogP contribution in [0.15, 0.2) is 60.4 Å². The average Bonchev–Trinajstić information content (AvgIpc) is 3.20. The molecule has 0 unspecified atom stereocenters. The van der Waals surface area contributed by atoms with Gasteiger partial charge < -0.3 is 10.2 Å². The maximum atomic E-state index is 13.2. The van der Waals surface area contributed by atoms with E-state index in [-0.39, 0.29) is 17.7 Å². The van der Waals surface area contributed by atoms with E-state index < -0.39 is 0 Å². The third kappa shape index (κ3) is 5.94. The minimum atomic E-state index is -0.0994. The summed E-state index contributed by atoms with van der Waals surface area (Å²) < 4.78 is 0. The highest BCUT2D eigenvalue weighted by atomic mass is 35.5. The molecule has 2 aliphatic rings. The predicted molar refractivity (Wildman–Crippen MR) is 125 cm³/mol. The van der Waals surface area contributed by atoms with E-state index in [0.717, 1.165) is 51.1 Å². The number of pyridine rings is 1. The third-order valence-electron chi connectivity index (χ3n) is 6.38.